The molecule has 2 aromatic rings. The van der Waals surface area contributed by atoms with Crippen LogP contribution in [0.2, 0.25) is 0 Å². The summed E-state index contributed by atoms with van der Waals surface area (Å²) in [5.74, 6) is 0. The zero-order valence-electron chi connectivity index (χ0n) is 7.64. The average molecular weight is 272 g/mol. The average Bonchev–Trinajstić information content (AvgIpc) is 2.73. The van der Waals surface area contributed by atoms with Crippen LogP contribution in [-0.4, -0.2) is 9.55 Å². The van der Waals surface area contributed by atoms with E-state index in [1.54, 1.807) is 17.7 Å². The van der Waals surface area contributed by atoms with Gasteiger partial charge in [0.05, 0.1) is 18.1 Å². The summed E-state index contributed by atoms with van der Waals surface area (Å²) >= 11 is 5.10. The Hall–Kier alpha value is -0.650. The van der Waals surface area contributed by atoms with Gasteiger partial charge in [0.15, 0.2) is 0 Å². The predicted octanol–water partition coefficient (Wildman–Crippen LogP) is 2.29. The zero-order valence-corrected chi connectivity index (χ0v) is 10.0. The number of thiophene rings is 1. The van der Waals surface area contributed by atoms with Crippen LogP contribution in [0.25, 0.3) is 0 Å². The summed E-state index contributed by atoms with van der Waals surface area (Å²) < 4.78 is 2.95. The van der Waals surface area contributed by atoms with Crippen molar-refractivity contribution in [1.82, 2.24) is 9.55 Å². The Labute approximate surface area is 94.7 Å². The minimum Gasteiger partial charge on any atom is -0.340 e. The highest BCUT2D eigenvalue weighted by atomic mass is 79.9. The van der Waals surface area contributed by atoms with Gasteiger partial charge in [0.1, 0.15) is 0 Å². The number of hydrogen-bond acceptors (Lipinski definition) is 3. The van der Waals surface area contributed by atoms with Crippen LogP contribution in [0.4, 0.5) is 0 Å². The maximum absolute atomic E-state index is 6.08. The maximum Gasteiger partial charge on any atom is 0.0947 e. The van der Waals surface area contributed by atoms with Crippen molar-refractivity contribution in [1.29, 1.82) is 0 Å². The van der Waals surface area contributed by atoms with Gasteiger partial charge in [-0.1, -0.05) is 0 Å². The molecule has 0 spiro atoms. The third-order valence-corrected chi connectivity index (χ3v) is 3.77. The van der Waals surface area contributed by atoms with Crippen LogP contribution in [0.3, 0.4) is 0 Å². The summed E-state index contributed by atoms with van der Waals surface area (Å²) in [5, 5.41) is 4.07. The molecule has 0 bridgehead atoms. The molecular formula is C9H10BrN3S. The van der Waals surface area contributed by atoms with Crippen molar-refractivity contribution >= 4 is 27.3 Å². The lowest BCUT2D eigenvalue weighted by Crippen LogP contribution is -2.11. The second-order valence-electron chi connectivity index (χ2n) is 3.12. The van der Waals surface area contributed by atoms with E-state index in [9.17, 15) is 0 Å². The summed E-state index contributed by atoms with van der Waals surface area (Å²) in [4.78, 5) is 4.23. The quantitative estimate of drug-likeness (QED) is 0.911. The molecule has 0 fully saturated rings. The number of nitrogens with zero attached hydrogens (tertiary/aromatic N) is 2. The molecule has 0 aromatic carbocycles. The molecule has 0 saturated heterocycles. The van der Waals surface area contributed by atoms with Crippen molar-refractivity contribution in [3.05, 3.63) is 39.0 Å². The first-order valence-electron chi connectivity index (χ1n) is 4.13. The highest BCUT2D eigenvalue weighted by molar-refractivity contribution is 9.10. The first-order valence-corrected chi connectivity index (χ1v) is 5.87. The van der Waals surface area contributed by atoms with Crippen LogP contribution >= 0.6 is 27.3 Å². The van der Waals surface area contributed by atoms with E-state index in [0.717, 1.165) is 15.7 Å². The lowest BCUT2D eigenvalue weighted by Gasteiger charge is -2.06. The van der Waals surface area contributed by atoms with Gasteiger partial charge in [0.25, 0.3) is 0 Å². The smallest absolute Gasteiger partial charge is 0.0947 e. The van der Waals surface area contributed by atoms with Crippen molar-refractivity contribution in [3.63, 3.8) is 0 Å². The molecule has 1 atom stereocenters. The molecular weight excluding hydrogens is 262 g/mol. The molecule has 2 rings (SSSR count). The highest BCUT2D eigenvalue weighted by Crippen LogP contribution is 2.28. The minimum atomic E-state index is -0.142. The lowest BCUT2D eigenvalue weighted by molar-refractivity contribution is 0.835. The molecule has 2 heterocycles. The van der Waals surface area contributed by atoms with Gasteiger partial charge in [0.2, 0.25) is 0 Å². The van der Waals surface area contributed by atoms with E-state index >= 15 is 0 Å². The monoisotopic (exact) mass is 271 g/mol. The topological polar surface area (TPSA) is 43.8 Å². The van der Waals surface area contributed by atoms with E-state index in [1.165, 1.54) is 0 Å². The Balaban J connectivity index is 2.33. The molecule has 14 heavy (non-hydrogen) atoms. The van der Waals surface area contributed by atoms with Crippen molar-refractivity contribution in [2.75, 3.05) is 0 Å². The lowest BCUT2D eigenvalue weighted by atomic mass is 10.1. The van der Waals surface area contributed by atoms with Crippen LogP contribution in [-0.2, 0) is 7.05 Å². The fraction of sp³-hybridized carbons (Fsp3) is 0.222. The number of nitrogens with two attached hydrogens (primary N) is 1. The van der Waals surface area contributed by atoms with E-state index in [2.05, 4.69) is 20.9 Å². The summed E-state index contributed by atoms with van der Waals surface area (Å²) in [6, 6.07) is -0.142. The van der Waals surface area contributed by atoms with Crippen molar-refractivity contribution in [3.8, 4) is 0 Å². The molecule has 0 saturated carbocycles. The van der Waals surface area contributed by atoms with Gasteiger partial charge in [-0.25, -0.2) is 4.98 Å². The Morgan fingerprint density at radius 1 is 1.57 bits per heavy atom. The summed E-state index contributed by atoms with van der Waals surface area (Å²) in [6.45, 7) is 0. The molecule has 0 aliphatic heterocycles. The number of imidazole rings is 1. The standard InChI is InChI=1S/C9H10BrN3S/c1-13-2-8(12-5-13)9(11)6-3-14-4-7(6)10/h2-5,9H,11H2,1H3. The fourth-order valence-electron chi connectivity index (χ4n) is 1.27. The van der Waals surface area contributed by atoms with Gasteiger partial charge < -0.3 is 10.3 Å². The van der Waals surface area contributed by atoms with Crippen molar-refractivity contribution < 1.29 is 0 Å². The van der Waals surface area contributed by atoms with E-state index in [0.29, 0.717) is 0 Å². The molecule has 2 aromatic heterocycles. The van der Waals surface area contributed by atoms with Crippen molar-refractivity contribution in [2.24, 2.45) is 12.8 Å². The summed E-state index contributed by atoms with van der Waals surface area (Å²) in [6.07, 6.45) is 3.70. The molecule has 74 valence electrons. The number of rotatable bonds is 2. The number of aromatic nitrogens is 2. The molecule has 5 heteroatoms. The molecule has 0 aliphatic carbocycles. The van der Waals surface area contributed by atoms with Crippen molar-refractivity contribution in [2.45, 2.75) is 6.04 Å². The van der Waals surface area contributed by atoms with E-state index in [-0.39, 0.29) is 6.04 Å². The van der Waals surface area contributed by atoms with E-state index in [4.69, 9.17) is 5.73 Å². The first-order chi connectivity index (χ1) is 6.68. The van der Waals surface area contributed by atoms with Gasteiger partial charge in [-0.15, -0.1) is 0 Å². The summed E-state index contributed by atoms with van der Waals surface area (Å²) in [5.41, 5.74) is 8.06. The Bertz CT molecular complexity index is 435. The number of halogens is 1. The van der Waals surface area contributed by atoms with Gasteiger partial charge in [-0.2, -0.15) is 11.3 Å². The SMILES string of the molecule is Cn1cnc(C(N)c2cscc2Br)c1. The third kappa shape index (κ3) is 1.75. The van der Waals surface area contributed by atoms with Crippen LogP contribution in [0.1, 0.15) is 17.3 Å². The van der Waals surface area contributed by atoms with Gasteiger partial charge >= 0.3 is 0 Å². The van der Waals surface area contributed by atoms with E-state index < -0.39 is 0 Å². The number of aryl methyl sites for hydroxylation is 1. The Kier molecular flexibility index (Phi) is 2.71. The van der Waals surface area contributed by atoms with Crippen LogP contribution in [0, 0.1) is 0 Å². The van der Waals surface area contributed by atoms with Crippen LogP contribution in [0.5, 0.6) is 0 Å². The zero-order chi connectivity index (χ0) is 10.1. The van der Waals surface area contributed by atoms with Gasteiger partial charge in [-0.05, 0) is 26.9 Å². The highest BCUT2D eigenvalue weighted by Gasteiger charge is 2.14. The largest absolute Gasteiger partial charge is 0.340 e. The van der Waals surface area contributed by atoms with E-state index in [1.807, 2.05) is 28.6 Å². The van der Waals surface area contributed by atoms with Crippen LogP contribution < -0.4 is 5.73 Å². The maximum atomic E-state index is 6.08. The van der Waals surface area contributed by atoms with Crippen LogP contribution in [0.15, 0.2) is 27.8 Å². The first kappa shape index (κ1) is 9.89. The van der Waals surface area contributed by atoms with Gasteiger partial charge in [-0.3, -0.25) is 0 Å². The second kappa shape index (κ2) is 3.84. The fourth-order valence-corrected chi connectivity index (χ4v) is 2.85. The number of hydrogen-bond donors (Lipinski definition) is 1. The summed E-state index contributed by atoms with van der Waals surface area (Å²) in [7, 11) is 1.94. The molecule has 1 unspecified atom stereocenters. The Morgan fingerprint density at radius 2 is 2.36 bits per heavy atom. The third-order valence-electron chi connectivity index (χ3n) is 2.02. The Morgan fingerprint density at radius 3 is 2.86 bits per heavy atom. The molecule has 0 amide bonds. The molecule has 2 N–H and O–H groups in total. The minimum absolute atomic E-state index is 0.142. The molecule has 0 aliphatic rings. The molecule has 3 nitrogen and oxygen atoms in total. The molecule has 0 radical (unpaired) electrons. The normalized spacial score (nSPS) is 13.1. The predicted molar refractivity (Wildman–Crippen MR) is 61.3 cm³/mol. The van der Waals surface area contributed by atoms with Gasteiger partial charge in [0, 0.05) is 23.1 Å². The second-order valence-corrected chi connectivity index (χ2v) is 4.71.